The molecule has 0 aromatic carbocycles. The lowest BCUT2D eigenvalue weighted by molar-refractivity contribution is 0.135. The van der Waals surface area contributed by atoms with Crippen LogP contribution in [0.4, 0.5) is 9.59 Å². The number of carboxylic acid groups (broad SMARTS) is 4. The molecule has 0 fully saturated rings. The lowest BCUT2D eigenvalue weighted by Gasteiger charge is -2.08. The predicted molar refractivity (Wildman–Crippen MR) is 118 cm³/mol. The minimum absolute atomic E-state index is 0.893. The molecule has 2 unspecified atom stereocenters. The molecular formula is C22H48O6. The summed E-state index contributed by atoms with van der Waals surface area (Å²) in [7, 11) is 0. The van der Waals surface area contributed by atoms with E-state index < -0.39 is 12.3 Å². The van der Waals surface area contributed by atoms with Gasteiger partial charge in [-0.05, 0) is 23.7 Å². The minimum Gasteiger partial charge on any atom is -0.450 e. The Morgan fingerprint density at radius 2 is 0.786 bits per heavy atom. The SMILES string of the molecule is CCC(C)CCCC(C)C.CCC(C)CCCC(C)C.O=C(O)O.O=C(O)O. The Labute approximate surface area is 173 Å². The van der Waals surface area contributed by atoms with Gasteiger partial charge in [0.1, 0.15) is 0 Å². The third-order valence-corrected chi connectivity index (χ3v) is 4.35. The molecule has 0 heterocycles. The summed E-state index contributed by atoms with van der Waals surface area (Å²) in [5.41, 5.74) is 0. The van der Waals surface area contributed by atoms with Crippen LogP contribution in [0.15, 0.2) is 0 Å². The summed E-state index contributed by atoms with van der Waals surface area (Å²) in [5.74, 6) is 3.67. The van der Waals surface area contributed by atoms with Gasteiger partial charge in [-0.3, -0.25) is 0 Å². The highest BCUT2D eigenvalue weighted by atomic mass is 16.6. The standard InChI is InChI=1S/2C10H22.2CH2O3/c2*1-5-10(4)8-6-7-9(2)3;2*2-1(3)4/h2*9-10H,5-8H2,1-4H3;2*(H2,2,3,4). The van der Waals surface area contributed by atoms with Gasteiger partial charge in [0.2, 0.25) is 0 Å². The molecule has 0 aliphatic carbocycles. The van der Waals surface area contributed by atoms with Gasteiger partial charge in [0, 0.05) is 0 Å². The van der Waals surface area contributed by atoms with Gasteiger partial charge in [0.05, 0.1) is 0 Å². The van der Waals surface area contributed by atoms with Gasteiger partial charge in [-0.2, -0.15) is 0 Å². The van der Waals surface area contributed by atoms with Crippen LogP contribution < -0.4 is 0 Å². The van der Waals surface area contributed by atoms with E-state index in [2.05, 4.69) is 55.4 Å². The van der Waals surface area contributed by atoms with E-state index in [1.807, 2.05) is 0 Å². The molecule has 4 N–H and O–H groups in total. The molecule has 6 nitrogen and oxygen atoms in total. The molecule has 0 rings (SSSR count). The summed E-state index contributed by atoms with van der Waals surface area (Å²) in [6, 6.07) is 0. The van der Waals surface area contributed by atoms with E-state index in [9.17, 15) is 0 Å². The molecule has 28 heavy (non-hydrogen) atoms. The number of hydrogen-bond donors (Lipinski definition) is 4. The molecule has 6 heteroatoms. The molecule has 0 aliphatic rings. The summed E-state index contributed by atoms with van der Waals surface area (Å²) in [6.07, 6.45) is 7.54. The quantitative estimate of drug-likeness (QED) is 0.290. The Kier molecular flexibility index (Phi) is 31.1. The fourth-order valence-corrected chi connectivity index (χ4v) is 2.16. The molecular weight excluding hydrogens is 360 g/mol. The van der Waals surface area contributed by atoms with Crippen LogP contribution in [-0.4, -0.2) is 32.7 Å². The van der Waals surface area contributed by atoms with Crippen molar-refractivity contribution in [2.75, 3.05) is 0 Å². The van der Waals surface area contributed by atoms with E-state index >= 15 is 0 Å². The second-order valence-corrected chi connectivity index (χ2v) is 8.24. The highest BCUT2D eigenvalue weighted by Crippen LogP contribution is 2.14. The maximum absolute atomic E-state index is 8.56. The monoisotopic (exact) mass is 408 g/mol. The summed E-state index contributed by atoms with van der Waals surface area (Å²) in [4.78, 5) is 17.1. The van der Waals surface area contributed by atoms with E-state index in [-0.39, 0.29) is 0 Å². The average Bonchev–Trinajstić information content (AvgIpc) is 2.53. The van der Waals surface area contributed by atoms with Gasteiger partial charge < -0.3 is 20.4 Å². The first-order valence-electron chi connectivity index (χ1n) is 10.6. The predicted octanol–water partition coefficient (Wildman–Crippen LogP) is 8.16. The van der Waals surface area contributed by atoms with E-state index in [1.54, 1.807) is 0 Å². The zero-order chi connectivity index (χ0) is 23.1. The number of carbonyl (C=O) groups is 2. The second kappa shape index (κ2) is 25.5. The van der Waals surface area contributed by atoms with Crippen LogP contribution in [0.2, 0.25) is 0 Å². The zero-order valence-corrected chi connectivity index (χ0v) is 19.6. The van der Waals surface area contributed by atoms with E-state index in [0.717, 1.165) is 23.7 Å². The van der Waals surface area contributed by atoms with Crippen LogP contribution in [0.25, 0.3) is 0 Å². The second-order valence-electron chi connectivity index (χ2n) is 8.24. The molecule has 0 amide bonds. The largest absolute Gasteiger partial charge is 0.503 e. The van der Waals surface area contributed by atoms with Gasteiger partial charge in [0.15, 0.2) is 0 Å². The highest BCUT2D eigenvalue weighted by molar-refractivity contribution is 5.53. The summed E-state index contributed by atoms with van der Waals surface area (Å²) in [5, 5.41) is 27.9. The highest BCUT2D eigenvalue weighted by Gasteiger charge is 2.00. The average molecular weight is 409 g/mol. The van der Waals surface area contributed by atoms with E-state index in [0.29, 0.717) is 0 Å². The lowest BCUT2D eigenvalue weighted by Crippen LogP contribution is -1.94. The summed E-state index contributed by atoms with van der Waals surface area (Å²) in [6.45, 7) is 18.5. The van der Waals surface area contributed by atoms with Crippen molar-refractivity contribution in [1.82, 2.24) is 0 Å². The van der Waals surface area contributed by atoms with Crippen LogP contribution >= 0.6 is 0 Å². The normalized spacial score (nSPS) is 11.8. The van der Waals surface area contributed by atoms with Crippen molar-refractivity contribution < 1.29 is 30.0 Å². The first-order chi connectivity index (χ1) is 12.8. The van der Waals surface area contributed by atoms with Crippen molar-refractivity contribution in [2.45, 2.75) is 107 Å². The van der Waals surface area contributed by atoms with Gasteiger partial charge in [0.25, 0.3) is 0 Å². The molecule has 0 bridgehead atoms. The minimum atomic E-state index is -1.83. The molecule has 0 aliphatic heterocycles. The molecule has 0 saturated carbocycles. The number of rotatable bonds is 10. The Hall–Kier alpha value is -1.46. The van der Waals surface area contributed by atoms with Gasteiger partial charge >= 0.3 is 12.3 Å². The van der Waals surface area contributed by atoms with Crippen molar-refractivity contribution in [3.8, 4) is 0 Å². The zero-order valence-electron chi connectivity index (χ0n) is 19.6. The van der Waals surface area contributed by atoms with Crippen molar-refractivity contribution in [1.29, 1.82) is 0 Å². The molecule has 172 valence electrons. The van der Waals surface area contributed by atoms with Gasteiger partial charge in [-0.15, -0.1) is 0 Å². The van der Waals surface area contributed by atoms with Gasteiger partial charge in [-0.1, -0.05) is 107 Å². The molecule has 0 saturated heterocycles. The third kappa shape index (κ3) is 64.3. The topological polar surface area (TPSA) is 115 Å². The maximum Gasteiger partial charge on any atom is 0.503 e. The molecule has 0 aromatic heterocycles. The molecule has 0 radical (unpaired) electrons. The fraction of sp³-hybridized carbons (Fsp3) is 0.909. The Morgan fingerprint density at radius 3 is 0.929 bits per heavy atom. The Bertz CT molecular complexity index is 289. The number of hydrogen-bond acceptors (Lipinski definition) is 2. The van der Waals surface area contributed by atoms with Crippen molar-refractivity contribution in [3.63, 3.8) is 0 Å². The van der Waals surface area contributed by atoms with E-state index in [1.165, 1.54) is 51.4 Å². The molecule has 2 atom stereocenters. The Morgan fingerprint density at radius 1 is 0.571 bits per heavy atom. The first-order valence-corrected chi connectivity index (χ1v) is 10.6. The summed E-state index contributed by atoms with van der Waals surface area (Å²) >= 11 is 0. The van der Waals surface area contributed by atoms with Crippen molar-refractivity contribution >= 4 is 12.3 Å². The fourth-order valence-electron chi connectivity index (χ4n) is 2.16. The summed E-state index contributed by atoms with van der Waals surface area (Å²) < 4.78 is 0. The smallest absolute Gasteiger partial charge is 0.450 e. The van der Waals surface area contributed by atoms with Crippen LogP contribution in [0.5, 0.6) is 0 Å². The first kappa shape index (κ1) is 34.1. The van der Waals surface area contributed by atoms with Crippen LogP contribution in [0, 0.1) is 23.7 Å². The lowest BCUT2D eigenvalue weighted by atomic mass is 9.98. The van der Waals surface area contributed by atoms with Crippen LogP contribution in [0.1, 0.15) is 107 Å². The van der Waals surface area contributed by atoms with Crippen molar-refractivity contribution in [3.05, 3.63) is 0 Å². The Balaban J connectivity index is -0.000000150. The van der Waals surface area contributed by atoms with Crippen LogP contribution in [0.3, 0.4) is 0 Å². The van der Waals surface area contributed by atoms with Gasteiger partial charge in [-0.25, -0.2) is 9.59 Å². The van der Waals surface area contributed by atoms with Crippen molar-refractivity contribution in [2.24, 2.45) is 23.7 Å². The molecule has 0 spiro atoms. The molecule has 0 aromatic rings. The van der Waals surface area contributed by atoms with E-state index in [4.69, 9.17) is 30.0 Å². The third-order valence-electron chi connectivity index (χ3n) is 4.35. The maximum atomic E-state index is 8.56. The van der Waals surface area contributed by atoms with Crippen LogP contribution in [-0.2, 0) is 0 Å².